The Morgan fingerprint density at radius 2 is 0.154 bits per heavy atom. The molecule has 0 aromatic carbocycles. The molecule has 0 heterocycles. The molecule has 0 fully saturated rings. The highest BCUT2D eigenvalue weighted by Gasteiger charge is -0.147. The fraction of sp³-hybridized carbons (Fsp3) is 0. The molecule has 104 valence electrons. The molecule has 0 bridgehead atoms. The average Bonchev–Trinajstić information content (AvgIpc) is 0. The largest absolute Gasteiger partial charge is 0.412 e. The molecule has 0 radical (unpaired) electrons. The smallest absolute Gasteiger partial charge is 0.147 e. The summed E-state index contributed by atoms with van der Waals surface area (Å²) in [5, 5.41) is 0. The van der Waals surface area contributed by atoms with Crippen LogP contribution in [0.15, 0.2) is 0 Å². The molecule has 0 spiro atoms. The summed E-state index contributed by atoms with van der Waals surface area (Å²) in [6.07, 6.45) is 0. The van der Waals surface area contributed by atoms with Gasteiger partial charge < -0.3 is 65.7 Å². The van der Waals surface area contributed by atoms with Crippen molar-refractivity contribution in [2.75, 3.05) is 0 Å². The summed E-state index contributed by atoms with van der Waals surface area (Å²) < 4.78 is 0. The monoisotopic (exact) mass is 252 g/mol. The van der Waals surface area contributed by atoms with Crippen molar-refractivity contribution in [1.29, 1.82) is 0 Å². The predicted molar refractivity (Wildman–Crippen MR) is 50.6 cm³/mol. The molecule has 0 saturated carbocycles. The molecule has 0 aromatic rings. The van der Waals surface area contributed by atoms with Gasteiger partial charge in [0.1, 0.15) is 0 Å². The van der Waals surface area contributed by atoms with Crippen molar-refractivity contribution in [2.24, 2.45) is 0 Å². The van der Waals surface area contributed by atoms with Crippen LogP contribution in [0, 0.1) is 0 Å². The first-order chi connectivity index (χ1) is 0. The Labute approximate surface area is 79.3 Å². The molecule has 0 atom stereocenters. The van der Waals surface area contributed by atoms with Crippen LogP contribution in [-0.4, -0.2) is 65.7 Å². The standard InChI is InChI=1S/ClH.12H2O/h1H;12*1H2. The summed E-state index contributed by atoms with van der Waals surface area (Å²) >= 11 is 0. The SMILES string of the molecule is Cl.O.O.O.O.O.O.O.O.O.O.O.O. The maximum atomic E-state index is 0. The lowest BCUT2D eigenvalue weighted by Gasteiger charge is -0.413. The molecule has 0 amide bonds. The summed E-state index contributed by atoms with van der Waals surface area (Å²) in [6, 6.07) is 0. The highest BCUT2D eigenvalue weighted by atomic mass is 35.5. The lowest BCUT2D eigenvalue weighted by atomic mass is 16.0. The zero-order valence-corrected chi connectivity index (χ0v) is 7.22. The van der Waals surface area contributed by atoms with E-state index in [1.54, 1.807) is 0 Å². The summed E-state index contributed by atoms with van der Waals surface area (Å²) in [4.78, 5) is 0. The van der Waals surface area contributed by atoms with E-state index in [0.29, 0.717) is 0 Å². The lowest BCUT2D eigenvalue weighted by molar-refractivity contribution is 0.823. The second-order valence-electron chi connectivity index (χ2n) is 0. The summed E-state index contributed by atoms with van der Waals surface area (Å²) in [5.41, 5.74) is 0. The van der Waals surface area contributed by atoms with Gasteiger partial charge >= 0.3 is 0 Å². The fourth-order valence-corrected chi connectivity index (χ4v) is 0. The van der Waals surface area contributed by atoms with E-state index >= 15 is 0 Å². The molecule has 0 rings (SSSR count). The minimum absolute atomic E-state index is 0. The number of hydrogen-bond acceptors (Lipinski definition) is 0. The minimum atomic E-state index is 0. The van der Waals surface area contributed by atoms with Gasteiger partial charge in [-0.15, -0.1) is 12.4 Å². The highest BCUT2D eigenvalue weighted by Crippen LogP contribution is 0.690. The van der Waals surface area contributed by atoms with E-state index in [1.807, 2.05) is 0 Å². The maximum Gasteiger partial charge on any atom is -0.147 e. The van der Waals surface area contributed by atoms with Crippen molar-refractivity contribution in [2.45, 2.75) is 0 Å². The molecule has 0 aliphatic rings. The van der Waals surface area contributed by atoms with E-state index in [9.17, 15) is 0 Å². The van der Waals surface area contributed by atoms with Crippen LogP contribution in [0.5, 0.6) is 0 Å². The van der Waals surface area contributed by atoms with Gasteiger partial charge in [0.25, 0.3) is 0 Å². The molecule has 13 heavy (non-hydrogen) atoms. The van der Waals surface area contributed by atoms with Gasteiger partial charge in [-0.1, -0.05) is 0 Å². The van der Waals surface area contributed by atoms with Crippen LogP contribution in [0.2, 0.25) is 0 Å². The first-order valence-electron chi connectivity index (χ1n) is 0. The average molecular weight is 253 g/mol. The highest BCUT2D eigenvalue weighted by molar-refractivity contribution is 5.85. The van der Waals surface area contributed by atoms with Crippen LogP contribution in [0.25, 0.3) is 0 Å². The second-order valence-corrected chi connectivity index (χ2v) is 0. The maximum absolute atomic E-state index is 0. The molecule has 13 heteroatoms. The first-order valence-corrected chi connectivity index (χ1v) is 0. The van der Waals surface area contributed by atoms with Crippen LogP contribution in [0.4, 0.5) is 0 Å². The Kier molecular flexibility index (Phi) is 146000000. The zero-order valence-electron chi connectivity index (χ0n) is 6.41. The van der Waals surface area contributed by atoms with E-state index in [4.69, 9.17) is 0 Å². The van der Waals surface area contributed by atoms with E-state index in [-0.39, 0.29) is 78.1 Å². The van der Waals surface area contributed by atoms with Crippen molar-refractivity contribution in [3.63, 3.8) is 0 Å². The minimum Gasteiger partial charge on any atom is -0.412 e. The molecule has 12 nitrogen and oxygen atoms in total. The third kappa shape index (κ3) is 31500. The molecule has 0 aliphatic carbocycles. The topological polar surface area (TPSA) is 378 Å². The number of hydrogen-bond donors (Lipinski definition) is 0. The molecule has 0 aromatic heterocycles. The summed E-state index contributed by atoms with van der Waals surface area (Å²) in [7, 11) is 0. The molecular weight excluding hydrogens is 227 g/mol. The van der Waals surface area contributed by atoms with Gasteiger partial charge in [-0.25, -0.2) is 0 Å². The van der Waals surface area contributed by atoms with E-state index < -0.39 is 0 Å². The van der Waals surface area contributed by atoms with Gasteiger partial charge in [0.05, 0.1) is 0 Å². The molecule has 24 N–H and O–H groups in total. The third-order valence-electron chi connectivity index (χ3n) is 0. The van der Waals surface area contributed by atoms with Crippen molar-refractivity contribution < 1.29 is 65.7 Å². The quantitative estimate of drug-likeness (QED) is 0.387. The zero-order chi connectivity index (χ0) is 0. The molecular formula is H25ClO12. The number of halogens is 1. The third-order valence-corrected chi connectivity index (χ3v) is 0. The normalized spacial score (nSPS) is 0. The van der Waals surface area contributed by atoms with E-state index in [0.717, 1.165) is 0 Å². The van der Waals surface area contributed by atoms with Crippen molar-refractivity contribution in [3.05, 3.63) is 0 Å². The molecule has 0 unspecified atom stereocenters. The van der Waals surface area contributed by atoms with Crippen LogP contribution in [0.1, 0.15) is 0 Å². The Hall–Kier alpha value is -0.190. The van der Waals surface area contributed by atoms with Crippen LogP contribution >= 0.6 is 12.4 Å². The van der Waals surface area contributed by atoms with Gasteiger partial charge in [-0.2, -0.15) is 0 Å². The van der Waals surface area contributed by atoms with E-state index in [2.05, 4.69) is 0 Å². The Balaban J connectivity index is 0. The second kappa shape index (κ2) is 38200. The van der Waals surface area contributed by atoms with Crippen LogP contribution < -0.4 is 0 Å². The van der Waals surface area contributed by atoms with Gasteiger partial charge in [0.15, 0.2) is 0 Å². The summed E-state index contributed by atoms with van der Waals surface area (Å²) in [6.45, 7) is 0. The van der Waals surface area contributed by atoms with Gasteiger partial charge in [0, 0.05) is 0 Å². The molecule has 0 aliphatic heterocycles. The Morgan fingerprint density at radius 3 is 0.154 bits per heavy atom. The number of rotatable bonds is 0. The van der Waals surface area contributed by atoms with E-state index in [1.165, 1.54) is 0 Å². The summed E-state index contributed by atoms with van der Waals surface area (Å²) in [5.74, 6) is 0. The van der Waals surface area contributed by atoms with Gasteiger partial charge in [-0.3, -0.25) is 0 Å². The van der Waals surface area contributed by atoms with Crippen molar-refractivity contribution in [3.8, 4) is 0 Å². The Bertz CT molecular complexity index is 5.09. The lowest BCUT2D eigenvalue weighted by Crippen LogP contribution is -0.290. The van der Waals surface area contributed by atoms with Crippen LogP contribution in [0.3, 0.4) is 0 Å². The molecule has 0 saturated heterocycles. The fourth-order valence-electron chi connectivity index (χ4n) is 0. The predicted octanol–water partition coefficient (Wildman–Crippen LogP) is -9.47. The van der Waals surface area contributed by atoms with Gasteiger partial charge in [-0.05, 0) is 0 Å². The van der Waals surface area contributed by atoms with Crippen molar-refractivity contribution in [1.82, 2.24) is 0 Å². The first kappa shape index (κ1) is 49500. The van der Waals surface area contributed by atoms with Crippen LogP contribution in [-0.2, 0) is 0 Å². The Morgan fingerprint density at radius 1 is 0.154 bits per heavy atom. The van der Waals surface area contributed by atoms with Gasteiger partial charge in [0.2, 0.25) is 0 Å². The van der Waals surface area contributed by atoms with Crippen molar-refractivity contribution >= 4 is 12.4 Å².